The third-order valence-corrected chi connectivity index (χ3v) is 2.88. The molecule has 5 heteroatoms. The van der Waals surface area contributed by atoms with Crippen LogP contribution in [0, 0.1) is 6.92 Å². The van der Waals surface area contributed by atoms with Crippen LogP contribution < -0.4 is 15.2 Å². The molecular formula is C14H17N3O2. The van der Waals surface area contributed by atoms with Gasteiger partial charge in [-0.25, -0.2) is 9.97 Å². The number of nitrogens with two attached hydrogens (primary N) is 1. The third-order valence-electron chi connectivity index (χ3n) is 2.88. The molecule has 2 N–H and O–H groups in total. The number of nitrogens with zero attached hydrogens (tertiary/aromatic N) is 2. The number of rotatable bonds is 4. The van der Waals surface area contributed by atoms with E-state index in [1.54, 1.807) is 20.4 Å². The molecule has 0 aliphatic carbocycles. The highest BCUT2D eigenvalue weighted by atomic mass is 16.5. The minimum absolute atomic E-state index is 0.305. The van der Waals surface area contributed by atoms with Crippen molar-refractivity contribution in [2.24, 2.45) is 5.73 Å². The van der Waals surface area contributed by atoms with Crippen molar-refractivity contribution in [1.82, 2.24) is 9.97 Å². The Morgan fingerprint density at radius 1 is 1.16 bits per heavy atom. The normalized spacial score (nSPS) is 10.3. The van der Waals surface area contributed by atoms with Crippen LogP contribution in [0.2, 0.25) is 0 Å². The summed E-state index contributed by atoms with van der Waals surface area (Å²) in [4.78, 5) is 8.49. The van der Waals surface area contributed by atoms with Crippen LogP contribution in [0.25, 0.3) is 11.3 Å². The largest absolute Gasteiger partial charge is 0.496 e. The monoisotopic (exact) mass is 259 g/mol. The van der Waals surface area contributed by atoms with Gasteiger partial charge in [0.1, 0.15) is 17.3 Å². The minimum Gasteiger partial charge on any atom is -0.496 e. The summed E-state index contributed by atoms with van der Waals surface area (Å²) in [5.41, 5.74) is 8.21. The van der Waals surface area contributed by atoms with Crippen LogP contribution in [0.15, 0.2) is 24.4 Å². The number of aryl methyl sites for hydroxylation is 1. The number of hydrogen-bond donors (Lipinski definition) is 1. The lowest BCUT2D eigenvalue weighted by atomic mass is 10.1. The Labute approximate surface area is 112 Å². The number of aromatic nitrogens is 2. The van der Waals surface area contributed by atoms with E-state index in [0.717, 1.165) is 28.3 Å². The summed E-state index contributed by atoms with van der Waals surface area (Å²) in [6, 6.07) is 5.67. The van der Waals surface area contributed by atoms with E-state index in [-0.39, 0.29) is 0 Å². The maximum Gasteiger partial charge on any atom is 0.142 e. The molecule has 0 saturated carbocycles. The van der Waals surface area contributed by atoms with Gasteiger partial charge in [-0.1, -0.05) is 0 Å². The van der Waals surface area contributed by atoms with E-state index in [0.29, 0.717) is 12.4 Å². The lowest BCUT2D eigenvalue weighted by molar-refractivity contribution is 0.401. The van der Waals surface area contributed by atoms with Crippen LogP contribution in [0.4, 0.5) is 0 Å². The number of hydrogen-bond acceptors (Lipinski definition) is 5. The van der Waals surface area contributed by atoms with Crippen molar-refractivity contribution in [2.75, 3.05) is 14.2 Å². The van der Waals surface area contributed by atoms with Gasteiger partial charge in [0.15, 0.2) is 0 Å². The van der Waals surface area contributed by atoms with Gasteiger partial charge in [-0.15, -0.1) is 0 Å². The molecule has 2 aromatic rings. The molecule has 0 amide bonds. The van der Waals surface area contributed by atoms with E-state index in [2.05, 4.69) is 9.97 Å². The molecular weight excluding hydrogens is 242 g/mol. The van der Waals surface area contributed by atoms with E-state index >= 15 is 0 Å². The molecule has 2 rings (SSSR count). The molecule has 100 valence electrons. The number of ether oxygens (including phenoxy) is 2. The van der Waals surface area contributed by atoms with Gasteiger partial charge in [0.05, 0.1) is 26.5 Å². The van der Waals surface area contributed by atoms with Gasteiger partial charge >= 0.3 is 0 Å². The van der Waals surface area contributed by atoms with Gasteiger partial charge in [-0.2, -0.15) is 0 Å². The molecule has 5 nitrogen and oxygen atoms in total. The quantitative estimate of drug-likeness (QED) is 0.908. The van der Waals surface area contributed by atoms with Gasteiger partial charge in [0.25, 0.3) is 0 Å². The molecule has 0 saturated heterocycles. The highest BCUT2D eigenvalue weighted by Crippen LogP contribution is 2.34. The summed E-state index contributed by atoms with van der Waals surface area (Å²) in [5.74, 6) is 2.14. The molecule has 0 unspecified atom stereocenters. The first-order valence-corrected chi connectivity index (χ1v) is 5.94. The predicted molar refractivity (Wildman–Crippen MR) is 73.2 cm³/mol. The van der Waals surface area contributed by atoms with Crippen molar-refractivity contribution >= 4 is 0 Å². The zero-order valence-electron chi connectivity index (χ0n) is 11.3. The Bertz CT molecular complexity index is 585. The summed E-state index contributed by atoms with van der Waals surface area (Å²) >= 11 is 0. The standard InChI is InChI=1S/C14H17N3O2/c1-9-6-13(19-3)10(7-12(9)18-2)11-4-5-16-14(8-15)17-11/h4-7H,8,15H2,1-3H3. The van der Waals surface area contributed by atoms with E-state index < -0.39 is 0 Å². The minimum atomic E-state index is 0.305. The average Bonchev–Trinajstić information content (AvgIpc) is 2.46. The Morgan fingerprint density at radius 2 is 1.89 bits per heavy atom. The highest BCUT2D eigenvalue weighted by molar-refractivity contribution is 5.70. The van der Waals surface area contributed by atoms with Gasteiger partial charge in [0.2, 0.25) is 0 Å². The van der Waals surface area contributed by atoms with Gasteiger partial charge < -0.3 is 15.2 Å². The third kappa shape index (κ3) is 2.66. The molecule has 0 aliphatic heterocycles. The summed E-state index contributed by atoms with van der Waals surface area (Å²) in [6.45, 7) is 2.27. The topological polar surface area (TPSA) is 70.3 Å². The van der Waals surface area contributed by atoms with Crippen molar-refractivity contribution < 1.29 is 9.47 Å². The smallest absolute Gasteiger partial charge is 0.142 e. The van der Waals surface area contributed by atoms with Crippen LogP contribution in [0.1, 0.15) is 11.4 Å². The van der Waals surface area contributed by atoms with Crippen LogP contribution >= 0.6 is 0 Å². The fourth-order valence-corrected chi connectivity index (χ4v) is 1.90. The molecule has 0 spiro atoms. The second kappa shape index (κ2) is 5.67. The van der Waals surface area contributed by atoms with Crippen LogP contribution in [0.3, 0.4) is 0 Å². The fraction of sp³-hybridized carbons (Fsp3) is 0.286. The van der Waals surface area contributed by atoms with Crippen molar-refractivity contribution in [3.05, 3.63) is 35.8 Å². The average molecular weight is 259 g/mol. The molecule has 1 aromatic carbocycles. The Kier molecular flexibility index (Phi) is 3.97. The summed E-state index contributed by atoms with van der Waals surface area (Å²) < 4.78 is 10.7. The second-order valence-electron chi connectivity index (χ2n) is 4.08. The zero-order valence-corrected chi connectivity index (χ0v) is 11.3. The molecule has 1 aromatic heterocycles. The van der Waals surface area contributed by atoms with Gasteiger partial charge in [0, 0.05) is 11.8 Å². The summed E-state index contributed by atoms with van der Waals surface area (Å²) in [5, 5.41) is 0. The second-order valence-corrected chi connectivity index (χ2v) is 4.08. The maximum absolute atomic E-state index is 5.57. The first-order chi connectivity index (χ1) is 9.19. The van der Waals surface area contributed by atoms with Crippen LogP contribution in [-0.2, 0) is 6.54 Å². The maximum atomic E-state index is 5.57. The van der Waals surface area contributed by atoms with E-state index in [1.165, 1.54) is 0 Å². The fourth-order valence-electron chi connectivity index (χ4n) is 1.90. The predicted octanol–water partition coefficient (Wildman–Crippen LogP) is 1.93. The molecule has 0 bridgehead atoms. The highest BCUT2D eigenvalue weighted by Gasteiger charge is 2.12. The number of methoxy groups -OCH3 is 2. The van der Waals surface area contributed by atoms with E-state index in [1.807, 2.05) is 25.1 Å². The van der Waals surface area contributed by atoms with Crippen molar-refractivity contribution in [1.29, 1.82) is 0 Å². The first kappa shape index (κ1) is 13.3. The molecule has 0 atom stereocenters. The van der Waals surface area contributed by atoms with Crippen LogP contribution in [-0.4, -0.2) is 24.2 Å². The SMILES string of the molecule is COc1cc(-c2ccnc(CN)n2)c(OC)cc1C. The van der Waals surface area contributed by atoms with Crippen molar-refractivity contribution in [3.8, 4) is 22.8 Å². The Hall–Kier alpha value is -2.14. The summed E-state index contributed by atoms with van der Waals surface area (Å²) in [7, 11) is 3.28. The molecule has 0 fully saturated rings. The Morgan fingerprint density at radius 3 is 2.53 bits per heavy atom. The molecule has 0 radical (unpaired) electrons. The summed E-state index contributed by atoms with van der Waals surface area (Å²) in [6.07, 6.45) is 1.69. The van der Waals surface area contributed by atoms with E-state index in [9.17, 15) is 0 Å². The van der Waals surface area contributed by atoms with Crippen molar-refractivity contribution in [3.63, 3.8) is 0 Å². The number of benzene rings is 1. The molecule has 0 aliphatic rings. The molecule has 1 heterocycles. The van der Waals surface area contributed by atoms with Gasteiger partial charge in [-0.3, -0.25) is 0 Å². The lowest BCUT2D eigenvalue weighted by Crippen LogP contribution is -2.03. The van der Waals surface area contributed by atoms with Gasteiger partial charge in [-0.05, 0) is 30.7 Å². The zero-order chi connectivity index (χ0) is 13.8. The van der Waals surface area contributed by atoms with E-state index in [4.69, 9.17) is 15.2 Å². The van der Waals surface area contributed by atoms with Crippen LogP contribution in [0.5, 0.6) is 11.5 Å². The molecule has 19 heavy (non-hydrogen) atoms. The lowest BCUT2D eigenvalue weighted by Gasteiger charge is -2.13. The van der Waals surface area contributed by atoms with Crippen molar-refractivity contribution in [2.45, 2.75) is 13.5 Å². The Balaban J connectivity index is 2.58. The first-order valence-electron chi connectivity index (χ1n) is 5.94.